The maximum Gasteiger partial charge on any atom is 0.0108 e. The van der Waals surface area contributed by atoms with Crippen LogP contribution >= 0.6 is 0 Å². The molecule has 2 aliphatic heterocycles. The van der Waals surface area contributed by atoms with Gasteiger partial charge in [0.2, 0.25) is 0 Å². The minimum atomic E-state index is 0.716. The third kappa shape index (κ3) is 2.76. The van der Waals surface area contributed by atoms with Gasteiger partial charge in [0.1, 0.15) is 0 Å². The Kier molecular flexibility index (Phi) is 3.96. The van der Waals surface area contributed by atoms with E-state index in [-0.39, 0.29) is 0 Å². The summed E-state index contributed by atoms with van der Waals surface area (Å²) in [6, 6.07) is 9.84. The largest absolute Gasteiger partial charge is 0.317 e. The third-order valence-corrected chi connectivity index (χ3v) is 4.46. The van der Waals surface area contributed by atoms with E-state index >= 15 is 0 Å². The predicted octanol–water partition coefficient (Wildman–Crippen LogP) is 2.45. The van der Waals surface area contributed by atoms with E-state index in [9.17, 15) is 0 Å². The minimum absolute atomic E-state index is 0.716. The SMILES string of the molecule is c1ccc(C2CCNCC2)c(CC2CCCN2)c1. The van der Waals surface area contributed by atoms with Crippen molar-refractivity contribution in [2.45, 2.75) is 44.1 Å². The Morgan fingerprint density at radius 1 is 1.00 bits per heavy atom. The zero-order chi connectivity index (χ0) is 12.2. The van der Waals surface area contributed by atoms with E-state index in [4.69, 9.17) is 0 Å². The first-order valence-corrected chi connectivity index (χ1v) is 7.45. The monoisotopic (exact) mass is 244 g/mol. The minimum Gasteiger partial charge on any atom is -0.317 e. The first-order chi connectivity index (χ1) is 8.93. The molecule has 0 saturated carbocycles. The summed E-state index contributed by atoms with van der Waals surface area (Å²) in [4.78, 5) is 0. The van der Waals surface area contributed by atoms with Crippen molar-refractivity contribution in [3.8, 4) is 0 Å². The van der Waals surface area contributed by atoms with Crippen LogP contribution in [0.2, 0.25) is 0 Å². The molecular formula is C16H24N2. The molecule has 98 valence electrons. The van der Waals surface area contributed by atoms with Crippen LogP contribution in [0.4, 0.5) is 0 Å². The lowest BCUT2D eigenvalue weighted by Crippen LogP contribution is -2.28. The summed E-state index contributed by atoms with van der Waals surface area (Å²) in [5.74, 6) is 0.781. The summed E-state index contributed by atoms with van der Waals surface area (Å²) in [5, 5.41) is 7.09. The molecule has 2 N–H and O–H groups in total. The first kappa shape index (κ1) is 12.2. The highest BCUT2D eigenvalue weighted by atomic mass is 14.9. The number of hydrogen-bond acceptors (Lipinski definition) is 2. The van der Waals surface area contributed by atoms with Gasteiger partial charge in [0.25, 0.3) is 0 Å². The molecule has 0 radical (unpaired) electrons. The van der Waals surface area contributed by atoms with Gasteiger partial charge in [-0.1, -0.05) is 24.3 Å². The van der Waals surface area contributed by atoms with E-state index in [1.807, 2.05) is 0 Å². The fourth-order valence-electron chi connectivity index (χ4n) is 3.45. The lowest BCUT2D eigenvalue weighted by Gasteiger charge is -2.26. The standard InChI is InChI=1S/C16H24N2/c1-2-6-16(13-7-10-17-11-8-13)14(4-1)12-15-5-3-9-18-15/h1-2,4,6,13,15,17-18H,3,5,7-12H2. The van der Waals surface area contributed by atoms with Crippen LogP contribution in [0.15, 0.2) is 24.3 Å². The molecule has 0 aromatic heterocycles. The van der Waals surface area contributed by atoms with Gasteiger partial charge in [0.05, 0.1) is 0 Å². The molecule has 2 nitrogen and oxygen atoms in total. The molecule has 1 aromatic rings. The van der Waals surface area contributed by atoms with Crippen LogP contribution in [0.1, 0.15) is 42.7 Å². The predicted molar refractivity (Wildman–Crippen MR) is 76.0 cm³/mol. The van der Waals surface area contributed by atoms with Crippen LogP contribution in [0.5, 0.6) is 0 Å². The Balaban J connectivity index is 1.75. The highest BCUT2D eigenvalue weighted by Gasteiger charge is 2.20. The van der Waals surface area contributed by atoms with E-state index in [1.54, 1.807) is 11.1 Å². The topological polar surface area (TPSA) is 24.1 Å². The van der Waals surface area contributed by atoms with E-state index < -0.39 is 0 Å². The van der Waals surface area contributed by atoms with Gasteiger partial charge in [-0.3, -0.25) is 0 Å². The lowest BCUT2D eigenvalue weighted by atomic mass is 9.85. The molecule has 0 aliphatic carbocycles. The number of nitrogens with one attached hydrogen (secondary N) is 2. The van der Waals surface area contributed by atoms with Gasteiger partial charge >= 0.3 is 0 Å². The van der Waals surface area contributed by atoms with Crippen molar-refractivity contribution in [1.82, 2.24) is 10.6 Å². The molecule has 0 bridgehead atoms. The molecule has 1 unspecified atom stereocenters. The molecule has 2 fully saturated rings. The third-order valence-electron chi connectivity index (χ3n) is 4.46. The second kappa shape index (κ2) is 5.85. The van der Waals surface area contributed by atoms with Gasteiger partial charge < -0.3 is 10.6 Å². The van der Waals surface area contributed by atoms with E-state index in [0.29, 0.717) is 6.04 Å². The number of benzene rings is 1. The zero-order valence-corrected chi connectivity index (χ0v) is 11.1. The van der Waals surface area contributed by atoms with Gasteiger partial charge in [-0.2, -0.15) is 0 Å². The molecule has 2 saturated heterocycles. The van der Waals surface area contributed by atoms with Gasteiger partial charge in [-0.15, -0.1) is 0 Å². The second-order valence-electron chi connectivity index (χ2n) is 5.72. The molecule has 0 spiro atoms. The normalized spacial score (nSPS) is 25.4. The number of hydrogen-bond donors (Lipinski definition) is 2. The van der Waals surface area contributed by atoms with Crippen LogP contribution in [0.3, 0.4) is 0 Å². The van der Waals surface area contributed by atoms with E-state index in [2.05, 4.69) is 34.9 Å². The van der Waals surface area contributed by atoms with Gasteiger partial charge in [-0.05, 0) is 68.8 Å². The van der Waals surface area contributed by atoms with Crippen LogP contribution in [0, 0.1) is 0 Å². The molecular weight excluding hydrogens is 220 g/mol. The summed E-state index contributed by atoms with van der Waals surface area (Å²) >= 11 is 0. The smallest absolute Gasteiger partial charge is 0.0108 e. The average Bonchev–Trinajstić information content (AvgIpc) is 2.93. The van der Waals surface area contributed by atoms with Crippen molar-refractivity contribution in [3.63, 3.8) is 0 Å². The fraction of sp³-hybridized carbons (Fsp3) is 0.625. The number of piperidine rings is 1. The van der Waals surface area contributed by atoms with Gasteiger partial charge in [0.15, 0.2) is 0 Å². The molecule has 3 rings (SSSR count). The van der Waals surface area contributed by atoms with Crippen LogP contribution in [0.25, 0.3) is 0 Å². The fourth-order valence-corrected chi connectivity index (χ4v) is 3.45. The summed E-state index contributed by atoms with van der Waals surface area (Å²) in [6.45, 7) is 3.57. The Labute approximate surface area is 110 Å². The summed E-state index contributed by atoms with van der Waals surface area (Å²) in [5.41, 5.74) is 3.21. The quantitative estimate of drug-likeness (QED) is 0.853. The average molecular weight is 244 g/mol. The van der Waals surface area contributed by atoms with Crippen molar-refractivity contribution in [2.75, 3.05) is 19.6 Å². The molecule has 2 heteroatoms. The summed E-state index contributed by atoms with van der Waals surface area (Å²) in [7, 11) is 0. The summed E-state index contributed by atoms with van der Waals surface area (Å²) in [6.07, 6.45) is 6.52. The Morgan fingerprint density at radius 3 is 2.61 bits per heavy atom. The zero-order valence-electron chi connectivity index (χ0n) is 11.1. The molecule has 0 amide bonds. The highest BCUT2D eigenvalue weighted by molar-refractivity contribution is 5.31. The van der Waals surface area contributed by atoms with Crippen molar-refractivity contribution in [2.24, 2.45) is 0 Å². The van der Waals surface area contributed by atoms with Crippen LogP contribution in [-0.4, -0.2) is 25.7 Å². The molecule has 1 atom stereocenters. The number of rotatable bonds is 3. The van der Waals surface area contributed by atoms with E-state index in [1.165, 1.54) is 51.7 Å². The Hall–Kier alpha value is -0.860. The molecule has 1 aromatic carbocycles. The summed E-state index contributed by atoms with van der Waals surface area (Å²) < 4.78 is 0. The molecule has 18 heavy (non-hydrogen) atoms. The molecule has 2 aliphatic rings. The van der Waals surface area contributed by atoms with Gasteiger partial charge in [0, 0.05) is 6.04 Å². The van der Waals surface area contributed by atoms with Crippen LogP contribution in [-0.2, 0) is 6.42 Å². The first-order valence-electron chi connectivity index (χ1n) is 7.45. The maximum atomic E-state index is 3.62. The maximum absolute atomic E-state index is 3.62. The van der Waals surface area contributed by atoms with Gasteiger partial charge in [-0.25, -0.2) is 0 Å². The van der Waals surface area contributed by atoms with Crippen molar-refractivity contribution in [3.05, 3.63) is 35.4 Å². The van der Waals surface area contributed by atoms with E-state index in [0.717, 1.165) is 5.92 Å². The second-order valence-corrected chi connectivity index (χ2v) is 5.72. The van der Waals surface area contributed by atoms with Crippen molar-refractivity contribution >= 4 is 0 Å². The highest BCUT2D eigenvalue weighted by Crippen LogP contribution is 2.29. The Bertz CT molecular complexity index is 376. The Morgan fingerprint density at radius 2 is 1.83 bits per heavy atom. The van der Waals surface area contributed by atoms with Crippen molar-refractivity contribution < 1.29 is 0 Å². The van der Waals surface area contributed by atoms with Crippen LogP contribution < -0.4 is 10.6 Å². The van der Waals surface area contributed by atoms with Crippen molar-refractivity contribution in [1.29, 1.82) is 0 Å². The lowest BCUT2D eigenvalue weighted by molar-refractivity contribution is 0.456. The molecule has 2 heterocycles.